The average Bonchev–Trinajstić information content (AvgIpc) is 2.64. The quantitative estimate of drug-likeness (QED) is 0.570. The maximum absolute atomic E-state index is 11.1. The summed E-state index contributed by atoms with van der Waals surface area (Å²) in [7, 11) is -2.69. The molecule has 0 radical (unpaired) electrons. The molecule has 9 heteroatoms. The van der Waals surface area contributed by atoms with E-state index >= 15 is 0 Å². The van der Waals surface area contributed by atoms with E-state index in [4.69, 9.17) is 10.3 Å². The van der Waals surface area contributed by atoms with Gasteiger partial charge in [0.1, 0.15) is 0 Å². The number of carbonyl (C=O) groups is 1. The highest BCUT2D eigenvalue weighted by molar-refractivity contribution is 7.85. The summed E-state index contributed by atoms with van der Waals surface area (Å²) in [6.45, 7) is 1.74. The van der Waals surface area contributed by atoms with Crippen molar-refractivity contribution in [3.05, 3.63) is 29.5 Å². The lowest BCUT2D eigenvalue weighted by Crippen LogP contribution is -2.05. The van der Waals surface area contributed by atoms with Gasteiger partial charge in [0.15, 0.2) is 12.1 Å². The number of benzene rings is 1. The van der Waals surface area contributed by atoms with E-state index < -0.39 is 10.1 Å². The summed E-state index contributed by atoms with van der Waals surface area (Å²) >= 11 is 0. The molecule has 0 spiro atoms. The number of hydrogen-bond acceptors (Lipinski definition) is 6. The monoisotopic (exact) mass is 310 g/mol. The summed E-state index contributed by atoms with van der Waals surface area (Å²) < 4.78 is 32.6. The molecule has 112 valence electrons. The summed E-state index contributed by atoms with van der Waals surface area (Å²) in [4.78, 5) is 10.7. The van der Waals surface area contributed by atoms with Crippen molar-refractivity contribution >= 4 is 33.6 Å². The minimum atomic E-state index is -4.37. The van der Waals surface area contributed by atoms with Gasteiger partial charge < -0.3 is 11.1 Å². The number of aryl methyl sites for hydroxylation is 2. The highest BCUT2D eigenvalue weighted by Gasteiger charge is 2.15. The highest BCUT2D eigenvalue weighted by atomic mass is 32.2. The van der Waals surface area contributed by atoms with E-state index in [9.17, 15) is 13.2 Å². The molecule has 0 saturated heterocycles. The minimum absolute atomic E-state index is 0.0726. The fraction of sp³-hybridized carbons (Fsp3) is 0.167. The zero-order chi connectivity index (χ0) is 15.8. The smallest absolute Gasteiger partial charge is 0.294 e. The SMILES string of the molecule is Cc1nn(C)c(Nc2ccc(S(=O)(=O)O)cc2C=O)c1N. The average molecular weight is 310 g/mol. The largest absolute Gasteiger partial charge is 0.394 e. The van der Waals surface area contributed by atoms with E-state index in [1.165, 1.54) is 16.8 Å². The van der Waals surface area contributed by atoms with Crippen LogP contribution in [0.25, 0.3) is 0 Å². The van der Waals surface area contributed by atoms with Crippen molar-refractivity contribution in [2.45, 2.75) is 11.8 Å². The topological polar surface area (TPSA) is 127 Å². The lowest BCUT2D eigenvalue weighted by atomic mass is 10.2. The summed E-state index contributed by atoms with van der Waals surface area (Å²) in [5.74, 6) is 0.482. The number of aromatic nitrogens is 2. The molecule has 0 aliphatic heterocycles. The third-order valence-electron chi connectivity index (χ3n) is 2.97. The zero-order valence-corrected chi connectivity index (χ0v) is 12.2. The molecule has 21 heavy (non-hydrogen) atoms. The van der Waals surface area contributed by atoms with Crippen LogP contribution in [0.3, 0.4) is 0 Å². The second kappa shape index (κ2) is 5.19. The van der Waals surface area contributed by atoms with Gasteiger partial charge in [-0.25, -0.2) is 0 Å². The maximum atomic E-state index is 11.1. The minimum Gasteiger partial charge on any atom is -0.394 e. The van der Waals surface area contributed by atoms with Crippen molar-refractivity contribution in [3.8, 4) is 0 Å². The van der Waals surface area contributed by atoms with Crippen LogP contribution in [0.5, 0.6) is 0 Å². The van der Waals surface area contributed by atoms with Crippen LogP contribution in [-0.4, -0.2) is 29.0 Å². The molecule has 0 atom stereocenters. The Morgan fingerprint density at radius 1 is 1.43 bits per heavy atom. The van der Waals surface area contributed by atoms with Crippen LogP contribution >= 0.6 is 0 Å². The molecule has 0 bridgehead atoms. The van der Waals surface area contributed by atoms with Gasteiger partial charge in [-0.1, -0.05) is 0 Å². The van der Waals surface area contributed by atoms with Gasteiger partial charge in [-0.2, -0.15) is 13.5 Å². The van der Waals surface area contributed by atoms with Crippen LogP contribution in [0.1, 0.15) is 16.1 Å². The van der Waals surface area contributed by atoms with E-state index in [-0.39, 0.29) is 10.5 Å². The van der Waals surface area contributed by atoms with E-state index in [1.807, 2.05) is 0 Å². The molecular formula is C12H14N4O4S. The standard InChI is InChI=1S/C12H14N4O4S/c1-7-11(13)12(16(2)15-7)14-10-4-3-9(21(18,19)20)5-8(10)6-17/h3-6,14H,13H2,1-2H3,(H,18,19,20). The van der Waals surface area contributed by atoms with Crippen LogP contribution in [0.4, 0.5) is 17.2 Å². The van der Waals surface area contributed by atoms with Crippen LogP contribution in [0, 0.1) is 6.92 Å². The molecule has 0 amide bonds. The van der Waals surface area contributed by atoms with E-state index in [0.717, 1.165) is 6.07 Å². The Bertz CT molecular complexity index is 811. The van der Waals surface area contributed by atoms with Crippen molar-refractivity contribution in [3.63, 3.8) is 0 Å². The second-order valence-electron chi connectivity index (χ2n) is 4.44. The number of hydrogen-bond donors (Lipinski definition) is 3. The molecule has 2 rings (SSSR count). The lowest BCUT2D eigenvalue weighted by molar-refractivity contribution is 0.112. The molecular weight excluding hydrogens is 296 g/mol. The third kappa shape index (κ3) is 2.88. The second-order valence-corrected chi connectivity index (χ2v) is 5.86. The molecule has 1 aromatic carbocycles. The summed E-state index contributed by atoms with van der Waals surface area (Å²) in [5, 5.41) is 7.05. The number of anilines is 3. The lowest BCUT2D eigenvalue weighted by Gasteiger charge is -2.10. The Hall–Kier alpha value is -2.39. The number of nitrogens with one attached hydrogen (secondary N) is 1. The normalized spacial score (nSPS) is 11.4. The Balaban J connectivity index is 2.48. The van der Waals surface area contributed by atoms with Crippen molar-refractivity contribution in [1.29, 1.82) is 0 Å². The van der Waals surface area contributed by atoms with Gasteiger partial charge in [-0.15, -0.1) is 0 Å². The van der Waals surface area contributed by atoms with Gasteiger partial charge >= 0.3 is 0 Å². The number of carbonyl (C=O) groups excluding carboxylic acids is 1. The van der Waals surface area contributed by atoms with Gasteiger partial charge in [-0.3, -0.25) is 14.0 Å². The Kier molecular flexibility index (Phi) is 3.71. The fourth-order valence-corrected chi connectivity index (χ4v) is 2.38. The van der Waals surface area contributed by atoms with E-state index in [0.29, 0.717) is 29.2 Å². The number of rotatable bonds is 4. The summed E-state index contributed by atoms with van der Waals surface area (Å²) in [6, 6.07) is 3.63. The number of nitrogens with zero attached hydrogens (tertiary/aromatic N) is 2. The van der Waals surface area contributed by atoms with Crippen LogP contribution in [-0.2, 0) is 17.2 Å². The van der Waals surface area contributed by atoms with Crippen LogP contribution < -0.4 is 11.1 Å². The van der Waals surface area contributed by atoms with Gasteiger partial charge in [0.05, 0.1) is 22.0 Å². The molecule has 0 fully saturated rings. The van der Waals surface area contributed by atoms with Gasteiger partial charge in [-0.05, 0) is 25.1 Å². The zero-order valence-electron chi connectivity index (χ0n) is 11.4. The Morgan fingerprint density at radius 3 is 2.57 bits per heavy atom. The van der Waals surface area contributed by atoms with Crippen molar-refractivity contribution < 1.29 is 17.8 Å². The maximum Gasteiger partial charge on any atom is 0.294 e. The van der Waals surface area contributed by atoms with Crippen LogP contribution in [0.15, 0.2) is 23.1 Å². The van der Waals surface area contributed by atoms with Crippen molar-refractivity contribution in [1.82, 2.24) is 9.78 Å². The molecule has 8 nitrogen and oxygen atoms in total. The molecule has 1 aromatic heterocycles. The molecule has 0 unspecified atom stereocenters. The molecule has 0 aliphatic rings. The summed E-state index contributed by atoms with van der Waals surface area (Å²) in [6.07, 6.45) is 0.483. The van der Waals surface area contributed by atoms with Crippen LogP contribution in [0.2, 0.25) is 0 Å². The predicted molar refractivity (Wildman–Crippen MR) is 77.3 cm³/mol. The first kappa shape index (κ1) is 15.0. The molecule has 0 aliphatic carbocycles. The molecule has 2 aromatic rings. The Morgan fingerprint density at radius 2 is 2.10 bits per heavy atom. The highest BCUT2D eigenvalue weighted by Crippen LogP contribution is 2.27. The fourth-order valence-electron chi connectivity index (χ4n) is 1.86. The third-order valence-corrected chi connectivity index (χ3v) is 3.82. The number of aldehydes is 1. The molecule has 1 heterocycles. The first-order chi connectivity index (χ1) is 9.74. The molecule has 0 saturated carbocycles. The van der Waals surface area contributed by atoms with E-state index in [1.54, 1.807) is 14.0 Å². The van der Waals surface area contributed by atoms with Crippen molar-refractivity contribution in [2.75, 3.05) is 11.1 Å². The number of nitrogens with two attached hydrogens (primary N) is 1. The van der Waals surface area contributed by atoms with Gasteiger partial charge in [0, 0.05) is 12.6 Å². The first-order valence-corrected chi connectivity index (χ1v) is 7.31. The first-order valence-electron chi connectivity index (χ1n) is 5.87. The van der Waals surface area contributed by atoms with E-state index in [2.05, 4.69) is 10.4 Å². The summed E-state index contributed by atoms with van der Waals surface area (Å²) in [5.41, 5.74) is 7.35. The van der Waals surface area contributed by atoms with Gasteiger partial charge in [0.25, 0.3) is 10.1 Å². The Labute approximate surface area is 121 Å². The van der Waals surface area contributed by atoms with Gasteiger partial charge in [0.2, 0.25) is 0 Å². The predicted octanol–water partition coefficient (Wildman–Crippen LogP) is 1.11. The molecule has 4 N–H and O–H groups in total. The van der Waals surface area contributed by atoms with Crippen molar-refractivity contribution in [2.24, 2.45) is 7.05 Å². The number of nitrogen functional groups attached to an aromatic ring is 1.